The molecule has 1 aromatic rings. The fourth-order valence-electron chi connectivity index (χ4n) is 3.20. The number of hydrogen-bond acceptors (Lipinski definition) is 6. The summed E-state index contributed by atoms with van der Waals surface area (Å²) in [5.41, 5.74) is 0. The Morgan fingerprint density at radius 3 is 2.78 bits per heavy atom. The third-order valence-corrected chi connectivity index (χ3v) is 4.56. The van der Waals surface area contributed by atoms with Gasteiger partial charge in [-0.05, 0) is 30.6 Å². The number of aromatic nitrogens is 2. The minimum atomic E-state index is 0.284. The van der Waals surface area contributed by atoms with E-state index in [2.05, 4.69) is 30.9 Å². The zero-order chi connectivity index (χ0) is 16.7. The van der Waals surface area contributed by atoms with Crippen LogP contribution in [0, 0.1) is 17.8 Å². The van der Waals surface area contributed by atoms with Gasteiger partial charge in [0, 0.05) is 7.11 Å². The minimum absolute atomic E-state index is 0.284. The standard InChI is InChI=1S/C17H30N2O4/c1-12(2)14-6-5-13(3)9-15(14)22-11-17-18-16(19-23-17)10-21-8-7-20-4/h12-15H,5-11H2,1-4H3. The molecule has 1 fully saturated rings. The zero-order valence-corrected chi connectivity index (χ0v) is 14.8. The molecule has 0 aromatic carbocycles. The van der Waals surface area contributed by atoms with E-state index < -0.39 is 0 Å². The minimum Gasteiger partial charge on any atom is -0.382 e. The quantitative estimate of drug-likeness (QED) is 0.649. The van der Waals surface area contributed by atoms with E-state index in [4.69, 9.17) is 18.7 Å². The first-order chi connectivity index (χ1) is 11.1. The lowest BCUT2D eigenvalue weighted by Gasteiger charge is -2.36. The molecule has 3 atom stereocenters. The molecule has 3 unspecified atom stereocenters. The maximum Gasteiger partial charge on any atom is 0.252 e. The fourth-order valence-corrected chi connectivity index (χ4v) is 3.20. The van der Waals surface area contributed by atoms with Gasteiger partial charge in [-0.1, -0.05) is 32.3 Å². The molecule has 6 nitrogen and oxygen atoms in total. The first-order valence-corrected chi connectivity index (χ1v) is 8.59. The van der Waals surface area contributed by atoms with Gasteiger partial charge in [0.1, 0.15) is 13.2 Å². The van der Waals surface area contributed by atoms with Gasteiger partial charge >= 0.3 is 0 Å². The second kappa shape index (κ2) is 9.35. The monoisotopic (exact) mass is 326 g/mol. The molecule has 23 heavy (non-hydrogen) atoms. The van der Waals surface area contributed by atoms with Gasteiger partial charge in [0.2, 0.25) is 0 Å². The zero-order valence-electron chi connectivity index (χ0n) is 14.8. The van der Waals surface area contributed by atoms with E-state index in [-0.39, 0.29) is 6.10 Å². The van der Waals surface area contributed by atoms with E-state index in [0.717, 1.165) is 12.3 Å². The van der Waals surface area contributed by atoms with Gasteiger partial charge in [0.15, 0.2) is 5.82 Å². The summed E-state index contributed by atoms with van der Waals surface area (Å²) in [7, 11) is 1.64. The summed E-state index contributed by atoms with van der Waals surface area (Å²) in [5, 5.41) is 3.91. The van der Waals surface area contributed by atoms with Crippen LogP contribution in [-0.4, -0.2) is 36.6 Å². The van der Waals surface area contributed by atoms with Crippen molar-refractivity contribution in [2.75, 3.05) is 20.3 Å². The highest BCUT2D eigenvalue weighted by Crippen LogP contribution is 2.35. The molecule has 0 amide bonds. The lowest BCUT2D eigenvalue weighted by atomic mass is 9.75. The Balaban J connectivity index is 1.79. The second-order valence-corrected chi connectivity index (χ2v) is 6.83. The van der Waals surface area contributed by atoms with Gasteiger partial charge in [-0.2, -0.15) is 4.98 Å². The van der Waals surface area contributed by atoms with Gasteiger partial charge < -0.3 is 18.7 Å². The highest BCUT2D eigenvalue weighted by atomic mass is 16.5. The van der Waals surface area contributed by atoms with Crippen molar-refractivity contribution in [3.05, 3.63) is 11.7 Å². The normalized spacial score (nSPS) is 25.2. The van der Waals surface area contributed by atoms with Crippen LogP contribution in [0.2, 0.25) is 0 Å². The highest BCUT2D eigenvalue weighted by molar-refractivity contribution is 4.85. The summed E-state index contributed by atoms with van der Waals surface area (Å²) in [6.07, 6.45) is 3.94. The average Bonchev–Trinajstić information content (AvgIpc) is 2.97. The van der Waals surface area contributed by atoms with Crippen molar-refractivity contribution in [3.63, 3.8) is 0 Å². The highest BCUT2D eigenvalue weighted by Gasteiger charge is 2.31. The smallest absolute Gasteiger partial charge is 0.252 e. The van der Waals surface area contributed by atoms with E-state index in [1.54, 1.807) is 7.11 Å². The second-order valence-electron chi connectivity index (χ2n) is 6.83. The maximum atomic E-state index is 6.11. The van der Waals surface area contributed by atoms with Crippen LogP contribution in [0.15, 0.2) is 4.52 Å². The Kier molecular flexibility index (Phi) is 7.46. The number of rotatable bonds is 9. The summed E-state index contributed by atoms with van der Waals surface area (Å²) in [6.45, 7) is 8.65. The van der Waals surface area contributed by atoms with E-state index in [0.29, 0.717) is 50.0 Å². The van der Waals surface area contributed by atoms with Gasteiger partial charge in [-0.15, -0.1) is 0 Å². The van der Waals surface area contributed by atoms with Crippen molar-refractivity contribution in [1.82, 2.24) is 10.1 Å². The molecular formula is C17H30N2O4. The van der Waals surface area contributed by atoms with E-state index in [1.165, 1.54) is 12.8 Å². The molecule has 1 saturated carbocycles. The summed E-state index contributed by atoms with van der Waals surface area (Å²) < 4.78 is 21.6. The number of ether oxygens (including phenoxy) is 3. The van der Waals surface area contributed by atoms with Gasteiger partial charge in [0.25, 0.3) is 5.89 Å². The molecule has 0 aliphatic heterocycles. The Morgan fingerprint density at radius 1 is 1.22 bits per heavy atom. The van der Waals surface area contributed by atoms with Crippen molar-refractivity contribution in [2.24, 2.45) is 17.8 Å². The van der Waals surface area contributed by atoms with Gasteiger partial charge in [-0.25, -0.2) is 0 Å². The Hall–Kier alpha value is -0.980. The van der Waals surface area contributed by atoms with Crippen LogP contribution in [0.1, 0.15) is 51.7 Å². The lowest BCUT2D eigenvalue weighted by molar-refractivity contribution is -0.0547. The number of nitrogens with zero attached hydrogens (tertiary/aromatic N) is 2. The summed E-state index contributed by atoms with van der Waals surface area (Å²) in [5.74, 6) is 3.06. The molecule has 1 aliphatic rings. The van der Waals surface area contributed by atoms with E-state index >= 15 is 0 Å². The molecule has 1 heterocycles. The molecule has 1 aliphatic carbocycles. The predicted molar refractivity (Wildman–Crippen MR) is 85.8 cm³/mol. The molecule has 0 bridgehead atoms. The van der Waals surface area contributed by atoms with Crippen molar-refractivity contribution in [3.8, 4) is 0 Å². The van der Waals surface area contributed by atoms with E-state index in [9.17, 15) is 0 Å². The van der Waals surface area contributed by atoms with E-state index in [1.807, 2.05) is 0 Å². The first kappa shape index (κ1) is 18.4. The van der Waals surface area contributed by atoms with Crippen LogP contribution in [-0.2, 0) is 27.4 Å². The maximum absolute atomic E-state index is 6.11. The average molecular weight is 326 g/mol. The molecule has 132 valence electrons. The van der Waals surface area contributed by atoms with Crippen LogP contribution >= 0.6 is 0 Å². The third-order valence-electron chi connectivity index (χ3n) is 4.56. The van der Waals surface area contributed by atoms with Crippen molar-refractivity contribution in [1.29, 1.82) is 0 Å². The topological polar surface area (TPSA) is 66.6 Å². The van der Waals surface area contributed by atoms with Gasteiger partial charge in [0.05, 0.1) is 19.3 Å². The lowest BCUT2D eigenvalue weighted by Crippen LogP contribution is -2.34. The largest absolute Gasteiger partial charge is 0.382 e. The van der Waals surface area contributed by atoms with Crippen LogP contribution in [0.25, 0.3) is 0 Å². The summed E-state index contributed by atoms with van der Waals surface area (Å²) >= 11 is 0. The molecular weight excluding hydrogens is 296 g/mol. The SMILES string of the molecule is COCCOCc1noc(COC2CC(C)CCC2C(C)C)n1. The first-order valence-electron chi connectivity index (χ1n) is 8.59. The van der Waals surface area contributed by atoms with Crippen molar-refractivity contribution >= 4 is 0 Å². The van der Waals surface area contributed by atoms with Crippen molar-refractivity contribution in [2.45, 2.75) is 59.4 Å². The molecule has 2 rings (SSSR count). The van der Waals surface area contributed by atoms with Crippen molar-refractivity contribution < 1.29 is 18.7 Å². The van der Waals surface area contributed by atoms with Gasteiger partial charge in [-0.3, -0.25) is 0 Å². The summed E-state index contributed by atoms with van der Waals surface area (Å²) in [6, 6.07) is 0. The van der Waals surface area contributed by atoms with Crippen LogP contribution in [0.5, 0.6) is 0 Å². The Bertz CT molecular complexity index is 450. The molecule has 1 aromatic heterocycles. The predicted octanol–water partition coefficient (Wildman–Crippen LogP) is 3.21. The number of methoxy groups -OCH3 is 1. The molecule has 6 heteroatoms. The molecule has 0 spiro atoms. The molecule has 0 radical (unpaired) electrons. The summed E-state index contributed by atoms with van der Waals surface area (Å²) in [4.78, 5) is 4.31. The number of hydrogen-bond donors (Lipinski definition) is 0. The van der Waals surface area contributed by atoms with Crippen LogP contribution < -0.4 is 0 Å². The van der Waals surface area contributed by atoms with Crippen LogP contribution in [0.3, 0.4) is 0 Å². The Morgan fingerprint density at radius 2 is 2.04 bits per heavy atom. The van der Waals surface area contributed by atoms with Crippen LogP contribution in [0.4, 0.5) is 0 Å². The fraction of sp³-hybridized carbons (Fsp3) is 0.882. The molecule has 0 N–H and O–H groups in total. The molecule has 0 saturated heterocycles. The third kappa shape index (κ3) is 5.86. The Labute approximate surface area is 138 Å².